The molecule has 1 aromatic carbocycles. The molecule has 1 aliphatic rings. The fourth-order valence-electron chi connectivity index (χ4n) is 2.82. The highest BCUT2D eigenvalue weighted by atomic mass is 16.5. The molecule has 0 N–H and O–H groups in total. The summed E-state index contributed by atoms with van der Waals surface area (Å²) in [5, 5.41) is 8.64. The molecule has 21 heavy (non-hydrogen) atoms. The van der Waals surface area contributed by atoms with Gasteiger partial charge >= 0.3 is 0 Å². The van der Waals surface area contributed by atoms with E-state index < -0.39 is 0 Å². The third-order valence-corrected chi connectivity index (χ3v) is 4.01. The van der Waals surface area contributed by atoms with Crippen LogP contribution in [0.15, 0.2) is 24.3 Å². The first kappa shape index (κ1) is 15.8. The normalized spacial score (nSPS) is 18.9. The maximum absolute atomic E-state index is 8.64. The molecule has 1 fully saturated rings. The molecule has 0 aliphatic carbocycles. The SMILES string of the molecule is CN(CCOc1ccc(CC#N)cc1)CC1CCN(C)C1. The number of hydrogen-bond acceptors (Lipinski definition) is 4. The van der Waals surface area contributed by atoms with Crippen LogP contribution in [-0.4, -0.2) is 56.7 Å². The molecule has 1 unspecified atom stereocenters. The van der Waals surface area contributed by atoms with Crippen LogP contribution < -0.4 is 4.74 Å². The van der Waals surface area contributed by atoms with Crippen molar-refractivity contribution in [2.75, 3.05) is 46.9 Å². The molecule has 0 spiro atoms. The summed E-state index contributed by atoms with van der Waals surface area (Å²) in [6.45, 7) is 5.24. The number of nitrogens with zero attached hydrogens (tertiary/aromatic N) is 3. The monoisotopic (exact) mass is 287 g/mol. The first-order chi connectivity index (χ1) is 10.2. The average Bonchev–Trinajstić information content (AvgIpc) is 2.86. The second-order valence-electron chi connectivity index (χ2n) is 6.01. The Hall–Kier alpha value is -1.57. The first-order valence-corrected chi connectivity index (χ1v) is 7.63. The van der Waals surface area contributed by atoms with E-state index in [1.165, 1.54) is 19.5 Å². The van der Waals surface area contributed by atoms with Crippen molar-refractivity contribution < 1.29 is 4.74 Å². The lowest BCUT2D eigenvalue weighted by Crippen LogP contribution is -2.30. The quantitative estimate of drug-likeness (QED) is 0.769. The highest BCUT2D eigenvalue weighted by Crippen LogP contribution is 2.15. The lowest BCUT2D eigenvalue weighted by atomic mass is 10.1. The molecular formula is C17H25N3O. The Morgan fingerprint density at radius 1 is 1.38 bits per heavy atom. The molecule has 1 saturated heterocycles. The highest BCUT2D eigenvalue weighted by molar-refractivity contribution is 5.28. The van der Waals surface area contributed by atoms with Crippen molar-refractivity contribution in [3.63, 3.8) is 0 Å². The Balaban J connectivity index is 1.65. The number of hydrogen-bond donors (Lipinski definition) is 0. The molecule has 4 nitrogen and oxygen atoms in total. The molecule has 1 heterocycles. The second-order valence-corrected chi connectivity index (χ2v) is 6.01. The molecule has 0 bridgehead atoms. The molecule has 4 heteroatoms. The maximum Gasteiger partial charge on any atom is 0.119 e. The fourth-order valence-corrected chi connectivity index (χ4v) is 2.82. The summed E-state index contributed by atoms with van der Waals surface area (Å²) < 4.78 is 5.76. The standard InChI is InChI=1S/C17H25N3O/c1-19-10-8-16(13-19)14-20(2)11-12-21-17-5-3-15(4-6-17)7-9-18/h3-6,16H,7-8,10-14H2,1-2H3. The van der Waals surface area contributed by atoms with Gasteiger partial charge in [0.05, 0.1) is 12.5 Å². The number of likely N-dealkylation sites (N-methyl/N-ethyl adjacent to an activating group) is 1. The van der Waals surface area contributed by atoms with Gasteiger partial charge in [0.2, 0.25) is 0 Å². The van der Waals surface area contributed by atoms with Gasteiger partial charge in [-0.25, -0.2) is 0 Å². The molecule has 1 aliphatic heterocycles. The van der Waals surface area contributed by atoms with Gasteiger partial charge < -0.3 is 14.5 Å². The van der Waals surface area contributed by atoms with Crippen LogP contribution in [-0.2, 0) is 6.42 Å². The van der Waals surface area contributed by atoms with Gasteiger partial charge in [0.1, 0.15) is 12.4 Å². The van der Waals surface area contributed by atoms with Crippen LogP contribution in [0.25, 0.3) is 0 Å². The number of benzene rings is 1. The highest BCUT2D eigenvalue weighted by Gasteiger charge is 2.20. The summed E-state index contributed by atoms with van der Waals surface area (Å²) >= 11 is 0. The number of ether oxygens (including phenoxy) is 1. The summed E-state index contributed by atoms with van der Waals surface area (Å²) in [6.07, 6.45) is 1.76. The van der Waals surface area contributed by atoms with E-state index in [0.29, 0.717) is 13.0 Å². The lowest BCUT2D eigenvalue weighted by molar-refractivity contribution is 0.215. The van der Waals surface area contributed by atoms with Crippen molar-refractivity contribution in [3.8, 4) is 11.8 Å². The Kier molecular flexibility index (Phi) is 6.04. The molecule has 0 saturated carbocycles. The van der Waals surface area contributed by atoms with Gasteiger partial charge in [-0.15, -0.1) is 0 Å². The number of likely N-dealkylation sites (tertiary alicyclic amines) is 1. The largest absolute Gasteiger partial charge is 0.492 e. The van der Waals surface area contributed by atoms with Crippen molar-refractivity contribution in [3.05, 3.63) is 29.8 Å². The molecule has 0 radical (unpaired) electrons. The van der Waals surface area contributed by atoms with Crippen LogP contribution in [0.1, 0.15) is 12.0 Å². The molecule has 0 aromatic heterocycles. The Morgan fingerprint density at radius 2 is 2.14 bits per heavy atom. The smallest absolute Gasteiger partial charge is 0.119 e. The topological polar surface area (TPSA) is 39.5 Å². The minimum atomic E-state index is 0.457. The zero-order chi connectivity index (χ0) is 15.1. The van der Waals surface area contributed by atoms with Crippen molar-refractivity contribution in [1.82, 2.24) is 9.80 Å². The van der Waals surface area contributed by atoms with Gasteiger partial charge in [-0.05, 0) is 50.7 Å². The molecule has 114 valence electrons. The van der Waals surface area contributed by atoms with Crippen LogP contribution in [0.3, 0.4) is 0 Å². The summed E-state index contributed by atoms with van der Waals surface area (Å²) in [7, 11) is 4.36. The van der Waals surface area contributed by atoms with Crippen molar-refractivity contribution in [1.29, 1.82) is 5.26 Å². The Morgan fingerprint density at radius 3 is 2.76 bits per heavy atom. The van der Waals surface area contributed by atoms with E-state index in [1.807, 2.05) is 24.3 Å². The lowest BCUT2D eigenvalue weighted by Gasteiger charge is -2.21. The van der Waals surface area contributed by atoms with E-state index in [1.54, 1.807) is 0 Å². The molecule has 1 aromatic rings. The molecule has 2 rings (SSSR count). The van der Waals surface area contributed by atoms with E-state index in [0.717, 1.165) is 30.3 Å². The predicted octanol–water partition coefficient (Wildman–Crippen LogP) is 2.01. The summed E-state index contributed by atoms with van der Waals surface area (Å²) in [6, 6.07) is 9.94. The van der Waals surface area contributed by atoms with Crippen LogP contribution >= 0.6 is 0 Å². The van der Waals surface area contributed by atoms with Crippen molar-refractivity contribution in [2.24, 2.45) is 5.92 Å². The van der Waals surface area contributed by atoms with Gasteiger partial charge in [-0.1, -0.05) is 12.1 Å². The third kappa shape index (κ3) is 5.37. The molecule has 1 atom stereocenters. The van der Waals surface area contributed by atoms with Gasteiger partial charge in [-0.2, -0.15) is 5.26 Å². The van der Waals surface area contributed by atoms with Crippen LogP contribution in [0.5, 0.6) is 5.75 Å². The predicted molar refractivity (Wildman–Crippen MR) is 84.4 cm³/mol. The average molecular weight is 287 g/mol. The Labute approximate surface area is 127 Å². The van der Waals surface area contributed by atoms with Gasteiger partial charge in [0.25, 0.3) is 0 Å². The van der Waals surface area contributed by atoms with E-state index in [2.05, 4.69) is 30.0 Å². The van der Waals surface area contributed by atoms with Gasteiger partial charge in [0, 0.05) is 19.6 Å². The van der Waals surface area contributed by atoms with Crippen LogP contribution in [0, 0.1) is 17.2 Å². The second kappa shape index (κ2) is 8.02. The van der Waals surface area contributed by atoms with Crippen LogP contribution in [0.2, 0.25) is 0 Å². The van der Waals surface area contributed by atoms with E-state index >= 15 is 0 Å². The summed E-state index contributed by atoms with van der Waals surface area (Å²) in [4.78, 5) is 4.76. The van der Waals surface area contributed by atoms with Crippen molar-refractivity contribution >= 4 is 0 Å². The number of rotatable bonds is 7. The van der Waals surface area contributed by atoms with E-state index in [9.17, 15) is 0 Å². The van der Waals surface area contributed by atoms with Gasteiger partial charge in [-0.3, -0.25) is 0 Å². The third-order valence-electron chi connectivity index (χ3n) is 4.01. The maximum atomic E-state index is 8.64. The molecular weight excluding hydrogens is 262 g/mol. The van der Waals surface area contributed by atoms with Gasteiger partial charge in [0.15, 0.2) is 0 Å². The van der Waals surface area contributed by atoms with Crippen molar-refractivity contribution in [2.45, 2.75) is 12.8 Å². The first-order valence-electron chi connectivity index (χ1n) is 7.63. The molecule has 0 amide bonds. The van der Waals surface area contributed by atoms with E-state index in [-0.39, 0.29) is 0 Å². The minimum Gasteiger partial charge on any atom is -0.492 e. The fraction of sp³-hybridized carbons (Fsp3) is 0.588. The zero-order valence-electron chi connectivity index (χ0n) is 13.1. The van der Waals surface area contributed by atoms with Crippen LogP contribution in [0.4, 0.5) is 0 Å². The zero-order valence-corrected chi connectivity index (χ0v) is 13.1. The minimum absolute atomic E-state index is 0.457. The van der Waals surface area contributed by atoms with E-state index in [4.69, 9.17) is 10.00 Å². The summed E-state index contributed by atoms with van der Waals surface area (Å²) in [5.41, 5.74) is 1.03. The Bertz CT molecular complexity index is 466. The summed E-state index contributed by atoms with van der Waals surface area (Å²) in [5.74, 6) is 1.68. The number of nitriles is 1.